The molecule has 0 aliphatic carbocycles. The molecular weight excluding hydrogens is 252 g/mol. The second-order valence-electron chi connectivity index (χ2n) is 6.06. The minimum Gasteiger partial charge on any atom is -0.486 e. The summed E-state index contributed by atoms with van der Waals surface area (Å²) in [6, 6.07) is 2.65. The normalized spacial score (nSPS) is 26.0. The molecule has 2 unspecified atom stereocenters. The number of nitrogens with two attached hydrogens (primary N) is 1. The van der Waals surface area contributed by atoms with Crippen LogP contribution in [-0.2, 0) is 0 Å². The molecule has 2 aliphatic heterocycles. The van der Waals surface area contributed by atoms with Gasteiger partial charge in [0.15, 0.2) is 11.5 Å². The van der Waals surface area contributed by atoms with Gasteiger partial charge in [0.2, 0.25) is 0 Å². The molecule has 1 aromatic rings. The fourth-order valence-corrected chi connectivity index (χ4v) is 3.39. The highest BCUT2D eigenvalue weighted by Crippen LogP contribution is 2.46. The maximum absolute atomic E-state index is 5.94. The molecule has 1 aromatic carbocycles. The monoisotopic (exact) mass is 276 g/mol. The molecule has 1 fully saturated rings. The van der Waals surface area contributed by atoms with E-state index in [9.17, 15) is 0 Å². The van der Waals surface area contributed by atoms with Crippen LogP contribution in [0.3, 0.4) is 0 Å². The summed E-state index contributed by atoms with van der Waals surface area (Å²) in [5.41, 5.74) is 9.58. The number of likely N-dealkylation sites (tertiary alicyclic amines) is 1. The van der Waals surface area contributed by atoms with Crippen molar-refractivity contribution in [3.63, 3.8) is 0 Å². The van der Waals surface area contributed by atoms with Crippen LogP contribution in [0.1, 0.15) is 29.2 Å². The molecule has 2 heterocycles. The molecule has 0 radical (unpaired) electrons. The molecule has 3 rings (SSSR count). The number of rotatable bonds is 2. The van der Waals surface area contributed by atoms with E-state index in [1.165, 1.54) is 16.7 Å². The highest BCUT2D eigenvalue weighted by Gasteiger charge is 2.34. The molecule has 1 saturated heterocycles. The molecule has 0 spiro atoms. The lowest BCUT2D eigenvalue weighted by Crippen LogP contribution is -2.23. The van der Waals surface area contributed by atoms with Gasteiger partial charge in [-0.2, -0.15) is 0 Å². The van der Waals surface area contributed by atoms with Crippen LogP contribution in [0.2, 0.25) is 0 Å². The first kappa shape index (κ1) is 13.7. The van der Waals surface area contributed by atoms with E-state index in [1.54, 1.807) is 0 Å². The van der Waals surface area contributed by atoms with Crippen LogP contribution in [0.4, 0.5) is 0 Å². The number of hydrogen-bond acceptors (Lipinski definition) is 4. The van der Waals surface area contributed by atoms with E-state index >= 15 is 0 Å². The summed E-state index contributed by atoms with van der Waals surface area (Å²) in [4.78, 5) is 2.39. The maximum atomic E-state index is 5.94. The van der Waals surface area contributed by atoms with Gasteiger partial charge >= 0.3 is 0 Å². The Bertz CT molecular complexity index is 516. The lowest BCUT2D eigenvalue weighted by atomic mass is 9.94. The van der Waals surface area contributed by atoms with Crippen molar-refractivity contribution in [2.75, 3.05) is 33.4 Å². The van der Waals surface area contributed by atoms with E-state index in [0.29, 0.717) is 25.2 Å². The van der Waals surface area contributed by atoms with Crippen molar-refractivity contribution < 1.29 is 9.47 Å². The zero-order valence-corrected chi connectivity index (χ0v) is 12.6. The molecule has 0 aromatic heterocycles. The molecule has 0 bridgehead atoms. The van der Waals surface area contributed by atoms with E-state index in [2.05, 4.69) is 31.9 Å². The molecule has 0 saturated carbocycles. The Morgan fingerprint density at radius 3 is 2.60 bits per heavy atom. The average molecular weight is 276 g/mol. The van der Waals surface area contributed by atoms with Crippen molar-refractivity contribution in [2.24, 2.45) is 11.7 Å². The zero-order valence-electron chi connectivity index (χ0n) is 12.6. The first-order valence-corrected chi connectivity index (χ1v) is 7.41. The number of ether oxygens (including phenoxy) is 2. The lowest BCUT2D eigenvalue weighted by molar-refractivity contribution is 0.165. The minimum absolute atomic E-state index is 0.387. The van der Waals surface area contributed by atoms with E-state index in [1.807, 2.05) is 0 Å². The second-order valence-corrected chi connectivity index (χ2v) is 6.06. The summed E-state index contributed by atoms with van der Waals surface area (Å²) >= 11 is 0. The first-order chi connectivity index (χ1) is 9.61. The number of hydrogen-bond donors (Lipinski definition) is 1. The SMILES string of the molecule is Cc1cc(C2CC(CN)CN2C)c2c(c1C)OCCO2. The van der Waals surface area contributed by atoms with Crippen LogP contribution in [0.5, 0.6) is 11.5 Å². The number of benzene rings is 1. The van der Waals surface area contributed by atoms with Gasteiger partial charge in [0.05, 0.1) is 0 Å². The fraction of sp³-hybridized carbons (Fsp3) is 0.625. The fourth-order valence-electron chi connectivity index (χ4n) is 3.39. The largest absolute Gasteiger partial charge is 0.486 e. The third-order valence-corrected chi connectivity index (χ3v) is 4.68. The Morgan fingerprint density at radius 2 is 1.95 bits per heavy atom. The van der Waals surface area contributed by atoms with Gasteiger partial charge < -0.3 is 15.2 Å². The molecule has 2 aliphatic rings. The van der Waals surface area contributed by atoms with Crippen LogP contribution in [-0.4, -0.2) is 38.3 Å². The van der Waals surface area contributed by atoms with Gasteiger partial charge in [0.25, 0.3) is 0 Å². The molecular formula is C16H24N2O2. The lowest BCUT2D eigenvalue weighted by Gasteiger charge is -2.28. The summed E-state index contributed by atoms with van der Waals surface area (Å²) in [6.07, 6.45) is 1.10. The van der Waals surface area contributed by atoms with Crippen LogP contribution in [0.25, 0.3) is 0 Å². The standard InChI is InChI=1S/C16H24N2O2/c1-10-6-13(14-7-12(8-17)9-18(14)3)16-15(11(10)2)19-4-5-20-16/h6,12,14H,4-5,7-9,17H2,1-3H3. The number of aryl methyl sites for hydroxylation is 1. The molecule has 4 heteroatoms. The second kappa shape index (κ2) is 5.26. The van der Waals surface area contributed by atoms with Crippen molar-refractivity contribution >= 4 is 0 Å². The predicted octanol–water partition coefficient (Wildman–Crippen LogP) is 2.03. The van der Waals surface area contributed by atoms with Gasteiger partial charge in [-0.25, -0.2) is 0 Å². The molecule has 110 valence electrons. The highest BCUT2D eigenvalue weighted by atomic mass is 16.6. The van der Waals surface area contributed by atoms with Crippen molar-refractivity contribution in [3.8, 4) is 11.5 Å². The van der Waals surface area contributed by atoms with Crippen LogP contribution in [0, 0.1) is 19.8 Å². The van der Waals surface area contributed by atoms with Crippen LogP contribution in [0.15, 0.2) is 6.07 Å². The minimum atomic E-state index is 0.387. The van der Waals surface area contributed by atoms with Crippen molar-refractivity contribution in [1.29, 1.82) is 0 Å². The van der Waals surface area contributed by atoms with Gasteiger partial charge in [-0.3, -0.25) is 4.90 Å². The maximum Gasteiger partial charge on any atom is 0.166 e. The van der Waals surface area contributed by atoms with E-state index in [4.69, 9.17) is 15.2 Å². The first-order valence-electron chi connectivity index (χ1n) is 7.41. The Labute approximate surface area is 120 Å². The predicted molar refractivity (Wildman–Crippen MR) is 79.4 cm³/mol. The van der Waals surface area contributed by atoms with E-state index in [0.717, 1.165) is 31.0 Å². The Morgan fingerprint density at radius 1 is 1.25 bits per heavy atom. The summed E-state index contributed by atoms with van der Waals surface area (Å²) in [5, 5.41) is 0. The summed E-state index contributed by atoms with van der Waals surface area (Å²) in [5.74, 6) is 2.47. The number of fused-ring (bicyclic) bond motifs is 1. The van der Waals surface area contributed by atoms with Crippen molar-refractivity contribution in [1.82, 2.24) is 4.90 Å². The molecule has 4 nitrogen and oxygen atoms in total. The molecule has 2 atom stereocenters. The summed E-state index contributed by atoms with van der Waals surface area (Å²) in [6.45, 7) is 7.34. The molecule has 2 N–H and O–H groups in total. The molecule has 20 heavy (non-hydrogen) atoms. The Balaban J connectivity index is 2.03. The van der Waals surface area contributed by atoms with Gasteiger partial charge in [0, 0.05) is 18.2 Å². The van der Waals surface area contributed by atoms with Gasteiger partial charge in [0.1, 0.15) is 13.2 Å². The van der Waals surface area contributed by atoms with E-state index < -0.39 is 0 Å². The van der Waals surface area contributed by atoms with Gasteiger partial charge in [-0.15, -0.1) is 0 Å². The summed E-state index contributed by atoms with van der Waals surface area (Å²) in [7, 11) is 2.17. The smallest absolute Gasteiger partial charge is 0.166 e. The topological polar surface area (TPSA) is 47.7 Å². The van der Waals surface area contributed by atoms with E-state index in [-0.39, 0.29) is 0 Å². The van der Waals surface area contributed by atoms with Crippen molar-refractivity contribution in [3.05, 3.63) is 22.8 Å². The van der Waals surface area contributed by atoms with Crippen molar-refractivity contribution in [2.45, 2.75) is 26.3 Å². The molecule has 0 amide bonds. The average Bonchev–Trinajstić information content (AvgIpc) is 2.84. The van der Waals surface area contributed by atoms with Gasteiger partial charge in [-0.05, 0) is 50.9 Å². The summed E-state index contributed by atoms with van der Waals surface area (Å²) < 4.78 is 11.8. The van der Waals surface area contributed by atoms with Crippen LogP contribution >= 0.6 is 0 Å². The van der Waals surface area contributed by atoms with Crippen LogP contribution < -0.4 is 15.2 Å². The third-order valence-electron chi connectivity index (χ3n) is 4.68. The van der Waals surface area contributed by atoms with Gasteiger partial charge in [-0.1, -0.05) is 6.07 Å². The number of nitrogens with zero attached hydrogens (tertiary/aromatic N) is 1. The third kappa shape index (κ3) is 2.17. The highest BCUT2D eigenvalue weighted by molar-refractivity contribution is 5.56. The Kier molecular flexibility index (Phi) is 3.61. The quantitative estimate of drug-likeness (QED) is 0.898. The Hall–Kier alpha value is -1.26. The zero-order chi connectivity index (χ0) is 14.3.